The predicted molar refractivity (Wildman–Crippen MR) is 70.2 cm³/mol. The van der Waals surface area contributed by atoms with Gasteiger partial charge in [0.15, 0.2) is 0 Å². The fourth-order valence-electron chi connectivity index (χ4n) is 1.99. The third kappa shape index (κ3) is 3.56. The zero-order chi connectivity index (χ0) is 13.9. The molecule has 1 aromatic heterocycles. The first-order valence-electron chi connectivity index (χ1n) is 6.46. The molecular formula is C12H20N2O4S. The lowest BCUT2D eigenvalue weighted by Gasteiger charge is -2.14. The molecule has 2 atom stereocenters. The highest BCUT2D eigenvalue weighted by Crippen LogP contribution is 2.18. The van der Waals surface area contributed by atoms with Crippen LogP contribution in [0.1, 0.15) is 26.0 Å². The quantitative estimate of drug-likeness (QED) is 0.811. The van der Waals surface area contributed by atoms with Crippen LogP contribution in [0.3, 0.4) is 0 Å². The third-order valence-corrected chi connectivity index (χ3v) is 4.50. The van der Waals surface area contributed by atoms with Crippen molar-refractivity contribution in [2.45, 2.75) is 44.1 Å². The highest BCUT2D eigenvalue weighted by molar-refractivity contribution is 7.89. The van der Waals surface area contributed by atoms with E-state index in [4.69, 9.17) is 9.15 Å². The molecule has 1 aliphatic rings. The van der Waals surface area contributed by atoms with E-state index in [0.717, 1.165) is 6.54 Å². The van der Waals surface area contributed by atoms with Gasteiger partial charge in [0.25, 0.3) is 10.0 Å². The van der Waals surface area contributed by atoms with Crippen molar-refractivity contribution in [3.05, 3.63) is 17.9 Å². The van der Waals surface area contributed by atoms with Crippen LogP contribution in [0.4, 0.5) is 0 Å². The van der Waals surface area contributed by atoms with Gasteiger partial charge in [0.1, 0.15) is 5.76 Å². The van der Waals surface area contributed by atoms with Gasteiger partial charge in [0.2, 0.25) is 5.09 Å². The Morgan fingerprint density at radius 1 is 1.42 bits per heavy atom. The summed E-state index contributed by atoms with van der Waals surface area (Å²) in [5.74, 6) is 0.609. The second-order valence-corrected chi connectivity index (χ2v) is 6.24. The van der Waals surface area contributed by atoms with Gasteiger partial charge in [-0.05, 0) is 32.0 Å². The molecule has 0 bridgehead atoms. The Hall–Kier alpha value is -0.890. The topological polar surface area (TPSA) is 80.6 Å². The fraction of sp³-hybridized carbons (Fsp3) is 0.667. The minimum absolute atomic E-state index is 0.0421. The molecule has 0 radical (unpaired) electrons. The van der Waals surface area contributed by atoms with Crippen molar-refractivity contribution < 1.29 is 17.6 Å². The summed E-state index contributed by atoms with van der Waals surface area (Å²) in [5, 5.41) is 3.04. The SMILES string of the molecule is CCNCc1ccc(S(=O)(=O)NC2CCOC2C)o1. The van der Waals surface area contributed by atoms with Crippen molar-refractivity contribution in [3.8, 4) is 0 Å². The van der Waals surface area contributed by atoms with Crippen LogP contribution in [-0.2, 0) is 21.3 Å². The Morgan fingerprint density at radius 2 is 2.21 bits per heavy atom. The minimum atomic E-state index is -3.61. The molecule has 0 amide bonds. The minimum Gasteiger partial charge on any atom is -0.447 e. The standard InChI is InChI=1S/C12H20N2O4S/c1-3-13-8-10-4-5-12(18-10)19(15,16)14-11-6-7-17-9(11)2/h4-5,9,11,13-14H,3,6-8H2,1-2H3. The van der Waals surface area contributed by atoms with Crippen LogP contribution >= 0.6 is 0 Å². The molecular weight excluding hydrogens is 268 g/mol. The van der Waals surface area contributed by atoms with E-state index < -0.39 is 10.0 Å². The Morgan fingerprint density at radius 3 is 2.84 bits per heavy atom. The molecule has 2 heterocycles. The van der Waals surface area contributed by atoms with Crippen molar-refractivity contribution in [3.63, 3.8) is 0 Å². The average Bonchev–Trinajstić information content (AvgIpc) is 2.97. The maximum absolute atomic E-state index is 12.1. The van der Waals surface area contributed by atoms with Crippen molar-refractivity contribution in [1.82, 2.24) is 10.0 Å². The molecule has 7 heteroatoms. The first-order valence-corrected chi connectivity index (χ1v) is 7.94. The van der Waals surface area contributed by atoms with E-state index in [2.05, 4.69) is 10.0 Å². The Bertz CT molecular complexity index is 512. The Balaban J connectivity index is 2.04. The van der Waals surface area contributed by atoms with Crippen LogP contribution < -0.4 is 10.0 Å². The summed E-state index contributed by atoms with van der Waals surface area (Å²) in [7, 11) is -3.61. The number of ether oxygens (including phenoxy) is 1. The lowest BCUT2D eigenvalue weighted by molar-refractivity contribution is 0.116. The number of hydrogen-bond acceptors (Lipinski definition) is 5. The van der Waals surface area contributed by atoms with E-state index in [0.29, 0.717) is 25.3 Å². The lowest BCUT2D eigenvalue weighted by atomic mass is 10.2. The van der Waals surface area contributed by atoms with Crippen LogP contribution in [0.25, 0.3) is 0 Å². The molecule has 1 fully saturated rings. The fourth-order valence-corrected chi connectivity index (χ4v) is 3.28. The zero-order valence-electron chi connectivity index (χ0n) is 11.2. The van der Waals surface area contributed by atoms with Crippen LogP contribution in [0, 0.1) is 0 Å². The zero-order valence-corrected chi connectivity index (χ0v) is 12.0. The van der Waals surface area contributed by atoms with E-state index in [1.54, 1.807) is 6.07 Å². The molecule has 108 valence electrons. The lowest BCUT2D eigenvalue weighted by Crippen LogP contribution is -2.38. The smallest absolute Gasteiger partial charge is 0.274 e. The first kappa shape index (κ1) is 14.5. The van der Waals surface area contributed by atoms with Gasteiger partial charge >= 0.3 is 0 Å². The Kier molecular flexibility index (Phi) is 4.62. The maximum Gasteiger partial charge on any atom is 0.274 e. The molecule has 1 aromatic rings. The molecule has 1 aliphatic heterocycles. The molecule has 2 unspecified atom stereocenters. The van der Waals surface area contributed by atoms with Crippen LogP contribution in [0.2, 0.25) is 0 Å². The highest BCUT2D eigenvalue weighted by Gasteiger charge is 2.30. The third-order valence-electron chi connectivity index (χ3n) is 3.13. The average molecular weight is 288 g/mol. The van der Waals surface area contributed by atoms with Gasteiger partial charge in [-0.25, -0.2) is 13.1 Å². The second-order valence-electron chi connectivity index (χ2n) is 4.59. The molecule has 1 saturated heterocycles. The summed E-state index contributed by atoms with van der Waals surface area (Å²) in [4.78, 5) is 0. The van der Waals surface area contributed by atoms with E-state index in [9.17, 15) is 8.42 Å². The van der Waals surface area contributed by atoms with E-state index in [1.807, 2.05) is 13.8 Å². The number of nitrogens with one attached hydrogen (secondary N) is 2. The number of sulfonamides is 1. The van der Waals surface area contributed by atoms with Gasteiger partial charge in [0.05, 0.1) is 18.7 Å². The van der Waals surface area contributed by atoms with Gasteiger partial charge in [-0.2, -0.15) is 0 Å². The number of furan rings is 1. The van der Waals surface area contributed by atoms with Gasteiger partial charge in [-0.3, -0.25) is 0 Å². The van der Waals surface area contributed by atoms with E-state index >= 15 is 0 Å². The van der Waals surface area contributed by atoms with Crippen LogP contribution in [0.5, 0.6) is 0 Å². The predicted octanol–water partition coefficient (Wildman–Crippen LogP) is 0.845. The van der Waals surface area contributed by atoms with Crippen LogP contribution in [0.15, 0.2) is 21.6 Å². The molecule has 0 saturated carbocycles. The van der Waals surface area contributed by atoms with E-state index in [-0.39, 0.29) is 17.2 Å². The summed E-state index contributed by atoms with van der Waals surface area (Å²) in [5.41, 5.74) is 0. The van der Waals surface area contributed by atoms with Gasteiger partial charge < -0.3 is 14.5 Å². The molecule has 2 rings (SSSR count). The molecule has 19 heavy (non-hydrogen) atoms. The Labute approximate surface area is 113 Å². The number of rotatable bonds is 6. The normalized spacial score (nSPS) is 23.9. The summed E-state index contributed by atoms with van der Waals surface area (Å²) in [6.45, 7) is 5.74. The molecule has 2 N–H and O–H groups in total. The monoisotopic (exact) mass is 288 g/mol. The van der Waals surface area contributed by atoms with Crippen molar-refractivity contribution in [2.75, 3.05) is 13.2 Å². The summed E-state index contributed by atoms with van der Waals surface area (Å²) in [6.07, 6.45) is 0.580. The summed E-state index contributed by atoms with van der Waals surface area (Å²) < 4.78 is 37.6. The summed E-state index contributed by atoms with van der Waals surface area (Å²) >= 11 is 0. The van der Waals surface area contributed by atoms with Crippen molar-refractivity contribution in [2.24, 2.45) is 0 Å². The maximum atomic E-state index is 12.1. The van der Waals surface area contributed by atoms with Gasteiger partial charge in [-0.1, -0.05) is 6.92 Å². The van der Waals surface area contributed by atoms with Gasteiger partial charge in [-0.15, -0.1) is 0 Å². The van der Waals surface area contributed by atoms with Crippen LogP contribution in [-0.4, -0.2) is 33.7 Å². The second kappa shape index (κ2) is 6.04. The van der Waals surface area contributed by atoms with Crippen molar-refractivity contribution >= 4 is 10.0 Å². The largest absolute Gasteiger partial charge is 0.447 e. The van der Waals surface area contributed by atoms with Crippen molar-refractivity contribution in [1.29, 1.82) is 0 Å². The van der Waals surface area contributed by atoms with E-state index in [1.165, 1.54) is 6.07 Å². The molecule has 6 nitrogen and oxygen atoms in total. The molecule has 0 aliphatic carbocycles. The molecule has 0 aromatic carbocycles. The summed E-state index contributed by atoms with van der Waals surface area (Å²) in [6, 6.07) is 2.97. The first-order chi connectivity index (χ1) is 9.03. The number of hydrogen-bond donors (Lipinski definition) is 2. The molecule has 0 spiro atoms. The highest BCUT2D eigenvalue weighted by atomic mass is 32.2. The van der Waals surface area contributed by atoms with Gasteiger partial charge in [0, 0.05) is 6.61 Å².